The Hall–Kier alpha value is -1.85. The Balaban J connectivity index is 1.33. The molecule has 0 radical (unpaired) electrons. The van der Waals surface area contributed by atoms with Gasteiger partial charge in [0.15, 0.2) is 0 Å². The van der Waals surface area contributed by atoms with Gasteiger partial charge in [0.1, 0.15) is 6.54 Å². The number of piperidine rings is 1. The maximum atomic E-state index is 13.3. The van der Waals surface area contributed by atoms with Crippen LogP contribution in [0.4, 0.5) is 0 Å². The highest BCUT2D eigenvalue weighted by atomic mass is 16.2. The van der Waals surface area contributed by atoms with E-state index in [1.165, 1.54) is 32.1 Å². The number of likely N-dealkylation sites (tertiary alicyclic amines) is 2. The molecule has 1 unspecified atom stereocenters. The average molecular weight is 373 g/mol. The van der Waals surface area contributed by atoms with Crippen molar-refractivity contribution in [2.24, 2.45) is 11.3 Å². The molecule has 27 heavy (non-hydrogen) atoms. The number of carbonyl (C=O) groups is 2. The number of amides is 2. The van der Waals surface area contributed by atoms with Crippen LogP contribution in [0.2, 0.25) is 0 Å². The van der Waals surface area contributed by atoms with E-state index in [9.17, 15) is 9.59 Å². The van der Waals surface area contributed by atoms with Crippen LogP contribution in [-0.4, -0.2) is 57.6 Å². The Morgan fingerprint density at radius 1 is 1.15 bits per heavy atom. The summed E-state index contributed by atoms with van der Waals surface area (Å²) in [5, 5.41) is 4.12. The first-order valence-electron chi connectivity index (χ1n) is 10.7. The second-order valence-electron chi connectivity index (χ2n) is 8.74. The van der Waals surface area contributed by atoms with Gasteiger partial charge in [0.25, 0.3) is 0 Å². The van der Waals surface area contributed by atoms with Crippen molar-refractivity contribution in [2.75, 3.05) is 26.2 Å². The molecular formula is C21H32N4O2. The van der Waals surface area contributed by atoms with E-state index in [4.69, 9.17) is 0 Å². The third-order valence-electron chi connectivity index (χ3n) is 6.92. The van der Waals surface area contributed by atoms with Gasteiger partial charge in [-0.05, 0) is 37.7 Å². The fourth-order valence-corrected chi connectivity index (χ4v) is 5.28. The van der Waals surface area contributed by atoms with E-state index in [-0.39, 0.29) is 17.9 Å². The minimum atomic E-state index is -0.329. The summed E-state index contributed by atoms with van der Waals surface area (Å²) in [6.45, 7) is 3.36. The summed E-state index contributed by atoms with van der Waals surface area (Å²) in [5.41, 5.74) is -0.329. The smallest absolute Gasteiger partial charge is 0.244 e. The number of hydrogen-bond acceptors (Lipinski definition) is 3. The van der Waals surface area contributed by atoms with Crippen LogP contribution in [0, 0.1) is 11.3 Å². The monoisotopic (exact) mass is 372 g/mol. The number of aromatic nitrogens is 2. The summed E-state index contributed by atoms with van der Waals surface area (Å²) in [7, 11) is 0. The molecule has 0 bridgehead atoms. The average Bonchev–Trinajstić information content (AvgIpc) is 3.35. The van der Waals surface area contributed by atoms with Gasteiger partial charge in [-0.3, -0.25) is 14.3 Å². The van der Waals surface area contributed by atoms with Gasteiger partial charge in [0, 0.05) is 38.6 Å². The maximum Gasteiger partial charge on any atom is 0.244 e. The second kappa shape index (κ2) is 8.03. The molecule has 1 saturated carbocycles. The molecule has 1 aromatic rings. The molecular weight excluding hydrogens is 340 g/mol. The van der Waals surface area contributed by atoms with E-state index in [2.05, 4.69) is 10.00 Å². The van der Waals surface area contributed by atoms with Crippen LogP contribution in [0.25, 0.3) is 0 Å². The summed E-state index contributed by atoms with van der Waals surface area (Å²) in [6, 6.07) is 1.83. The highest BCUT2D eigenvalue weighted by Crippen LogP contribution is 2.40. The standard InChI is InChI=1S/C21H32N4O2/c26-19(16-25-13-5-11-22-25)24-15-10-21(17-24)9-4-12-23(20(21)27)14-8-18-6-2-1-3-7-18/h5,11,13,18H,1-4,6-10,12,14-17H2. The first kappa shape index (κ1) is 18.5. The molecule has 6 nitrogen and oxygen atoms in total. The van der Waals surface area contributed by atoms with Crippen LogP contribution >= 0.6 is 0 Å². The van der Waals surface area contributed by atoms with Gasteiger partial charge in [-0.1, -0.05) is 32.1 Å². The van der Waals surface area contributed by atoms with E-state index in [0.29, 0.717) is 19.0 Å². The summed E-state index contributed by atoms with van der Waals surface area (Å²) < 4.78 is 1.66. The molecule has 3 heterocycles. The Labute approximate surface area is 161 Å². The van der Waals surface area contributed by atoms with E-state index >= 15 is 0 Å². The summed E-state index contributed by atoms with van der Waals surface area (Å²) in [5.74, 6) is 1.18. The van der Waals surface area contributed by atoms with Crippen LogP contribution in [0.5, 0.6) is 0 Å². The third kappa shape index (κ3) is 4.04. The van der Waals surface area contributed by atoms with E-state index in [1.807, 2.05) is 17.2 Å². The zero-order valence-electron chi connectivity index (χ0n) is 16.3. The first-order valence-corrected chi connectivity index (χ1v) is 10.7. The van der Waals surface area contributed by atoms with E-state index < -0.39 is 0 Å². The number of carbonyl (C=O) groups excluding carboxylic acids is 2. The zero-order valence-corrected chi connectivity index (χ0v) is 16.3. The van der Waals surface area contributed by atoms with Crippen molar-refractivity contribution in [1.29, 1.82) is 0 Å². The van der Waals surface area contributed by atoms with Gasteiger partial charge in [-0.25, -0.2) is 0 Å². The van der Waals surface area contributed by atoms with Gasteiger partial charge in [0.05, 0.1) is 5.41 Å². The van der Waals surface area contributed by atoms with Gasteiger partial charge in [0.2, 0.25) is 11.8 Å². The topological polar surface area (TPSA) is 58.4 Å². The van der Waals surface area contributed by atoms with Gasteiger partial charge < -0.3 is 9.80 Å². The molecule has 1 aromatic heterocycles. The molecule has 148 valence electrons. The summed E-state index contributed by atoms with van der Waals surface area (Å²) >= 11 is 0. The lowest BCUT2D eigenvalue weighted by Gasteiger charge is -2.40. The Kier molecular flexibility index (Phi) is 5.50. The molecule has 4 rings (SSSR count). The molecule has 3 aliphatic rings. The van der Waals surface area contributed by atoms with Crippen LogP contribution in [-0.2, 0) is 16.1 Å². The minimum Gasteiger partial charge on any atom is -0.342 e. The van der Waals surface area contributed by atoms with Crippen molar-refractivity contribution in [2.45, 2.75) is 64.3 Å². The van der Waals surface area contributed by atoms with Gasteiger partial charge in [-0.15, -0.1) is 0 Å². The van der Waals surface area contributed by atoms with Crippen molar-refractivity contribution in [3.63, 3.8) is 0 Å². The lowest BCUT2D eigenvalue weighted by molar-refractivity contribution is -0.146. The normalized spacial score (nSPS) is 26.9. The van der Waals surface area contributed by atoms with E-state index in [0.717, 1.165) is 44.7 Å². The molecule has 0 N–H and O–H groups in total. The van der Waals surface area contributed by atoms with Crippen molar-refractivity contribution < 1.29 is 9.59 Å². The Morgan fingerprint density at radius 2 is 2.00 bits per heavy atom. The SMILES string of the molecule is O=C(Cn1cccn1)N1CCC2(CCCN(CCC3CCCCC3)C2=O)C1. The molecule has 3 fully saturated rings. The lowest BCUT2D eigenvalue weighted by Crippen LogP contribution is -2.51. The molecule has 2 amide bonds. The second-order valence-corrected chi connectivity index (χ2v) is 8.74. The van der Waals surface area contributed by atoms with Crippen molar-refractivity contribution in [3.8, 4) is 0 Å². The van der Waals surface area contributed by atoms with Gasteiger partial charge >= 0.3 is 0 Å². The highest BCUT2D eigenvalue weighted by Gasteiger charge is 2.49. The van der Waals surface area contributed by atoms with E-state index in [1.54, 1.807) is 10.9 Å². The van der Waals surface area contributed by atoms with Crippen molar-refractivity contribution in [1.82, 2.24) is 19.6 Å². The van der Waals surface area contributed by atoms with Crippen LogP contribution in [0.15, 0.2) is 18.5 Å². The highest BCUT2D eigenvalue weighted by molar-refractivity contribution is 5.86. The predicted octanol–water partition coefficient (Wildman–Crippen LogP) is 2.69. The fourth-order valence-electron chi connectivity index (χ4n) is 5.28. The third-order valence-corrected chi connectivity index (χ3v) is 6.92. The zero-order chi connectivity index (χ0) is 18.7. The molecule has 6 heteroatoms. The molecule has 1 spiro atoms. The summed E-state index contributed by atoms with van der Waals surface area (Å²) in [6.07, 6.45) is 14.2. The molecule has 1 aliphatic carbocycles. The molecule has 0 aromatic carbocycles. The fraction of sp³-hybridized carbons (Fsp3) is 0.762. The number of hydrogen-bond donors (Lipinski definition) is 0. The van der Waals surface area contributed by atoms with Crippen LogP contribution in [0.1, 0.15) is 57.8 Å². The lowest BCUT2D eigenvalue weighted by atomic mass is 9.78. The van der Waals surface area contributed by atoms with Crippen LogP contribution < -0.4 is 0 Å². The molecule has 2 saturated heterocycles. The van der Waals surface area contributed by atoms with Gasteiger partial charge in [-0.2, -0.15) is 5.10 Å². The molecule has 1 atom stereocenters. The first-order chi connectivity index (χ1) is 13.2. The van der Waals surface area contributed by atoms with Crippen LogP contribution in [0.3, 0.4) is 0 Å². The number of rotatable bonds is 5. The Bertz CT molecular complexity index is 653. The maximum absolute atomic E-state index is 13.3. The quantitative estimate of drug-likeness (QED) is 0.798. The minimum absolute atomic E-state index is 0.0719. The molecule has 2 aliphatic heterocycles. The number of nitrogens with zero attached hydrogens (tertiary/aromatic N) is 4. The van der Waals surface area contributed by atoms with Crippen molar-refractivity contribution in [3.05, 3.63) is 18.5 Å². The largest absolute Gasteiger partial charge is 0.342 e. The summed E-state index contributed by atoms with van der Waals surface area (Å²) in [4.78, 5) is 29.9. The predicted molar refractivity (Wildman–Crippen MR) is 103 cm³/mol. The van der Waals surface area contributed by atoms with Crippen molar-refractivity contribution >= 4 is 11.8 Å². The Morgan fingerprint density at radius 3 is 2.78 bits per heavy atom.